The minimum Gasteiger partial charge on any atom is -0.492 e. The van der Waals surface area contributed by atoms with E-state index in [4.69, 9.17) is 21.1 Å². The van der Waals surface area contributed by atoms with Crippen molar-refractivity contribution in [1.29, 1.82) is 0 Å². The smallest absolute Gasteiger partial charge is 0.251 e. The zero-order valence-electron chi connectivity index (χ0n) is 14.1. The predicted octanol–water partition coefficient (Wildman–Crippen LogP) is 4.24. The molecule has 1 N–H and O–H groups in total. The number of hydrogen-bond donors (Lipinski definition) is 1. The molecule has 0 bridgehead atoms. The quantitative estimate of drug-likeness (QED) is 0.762. The van der Waals surface area contributed by atoms with E-state index in [0.717, 1.165) is 11.3 Å². The second-order valence-corrected chi connectivity index (χ2v) is 6.11. The first kappa shape index (κ1) is 18.1. The molecule has 0 spiro atoms. The molecule has 0 fully saturated rings. The van der Waals surface area contributed by atoms with Crippen LogP contribution in [0.15, 0.2) is 42.5 Å². The first-order valence-corrected chi connectivity index (χ1v) is 8.27. The summed E-state index contributed by atoms with van der Waals surface area (Å²) in [6, 6.07) is 12.6. The molecule has 2 aromatic carbocycles. The van der Waals surface area contributed by atoms with Crippen molar-refractivity contribution in [2.45, 2.75) is 26.9 Å². The maximum atomic E-state index is 12.1. The van der Waals surface area contributed by atoms with Crippen LogP contribution in [-0.2, 0) is 0 Å². The second kappa shape index (κ2) is 8.60. The fourth-order valence-electron chi connectivity index (χ4n) is 2.06. The van der Waals surface area contributed by atoms with Crippen LogP contribution < -0.4 is 14.8 Å². The van der Waals surface area contributed by atoms with Gasteiger partial charge in [-0.25, -0.2) is 0 Å². The lowest BCUT2D eigenvalue weighted by Crippen LogP contribution is -2.28. The van der Waals surface area contributed by atoms with Crippen LogP contribution in [0.2, 0.25) is 5.02 Å². The van der Waals surface area contributed by atoms with E-state index in [1.807, 2.05) is 32.9 Å². The van der Waals surface area contributed by atoms with E-state index in [2.05, 4.69) is 5.32 Å². The second-order valence-electron chi connectivity index (χ2n) is 5.71. The Labute approximate surface area is 147 Å². The summed E-state index contributed by atoms with van der Waals surface area (Å²) >= 11 is 6.04. The molecule has 128 valence electrons. The average Bonchev–Trinajstić information content (AvgIpc) is 2.54. The molecule has 2 rings (SSSR count). The SMILES string of the molecule is Cc1ccc(OCCNC(=O)c2ccc(OC(C)C)cc2)cc1Cl. The van der Waals surface area contributed by atoms with Crippen molar-refractivity contribution in [3.05, 3.63) is 58.6 Å². The van der Waals surface area contributed by atoms with Gasteiger partial charge in [-0.15, -0.1) is 0 Å². The van der Waals surface area contributed by atoms with Gasteiger partial charge in [0.1, 0.15) is 18.1 Å². The highest BCUT2D eigenvalue weighted by Gasteiger charge is 2.06. The fourth-order valence-corrected chi connectivity index (χ4v) is 2.23. The van der Waals surface area contributed by atoms with Crippen LogP contribution in [0.5, 0.6) is 11.5 Å². The van der Waals surface area contributed by atoms with Crippen LogP contribution in [0.3, 0.4) is 0 Å². The predicted molar refractivity (Wildman–Crippen MR) is 96.2 cm³/mol. The zero-order valence-corrected chi connectivity index (χ0v) is 14.9. The van der Waals surface area contributed by atoms with E-state index >= 15 is 0 Å². The van der Waals surface area contributed by atoms with Gasteiger partial charge in [-0.05, 0) is 62.7 Å². The van der Waals surface area contributed by atoms with Gasteiger partial charge >= 0.3 is 0 Å². The summed E-state index contributed by atoms with van der Waals surface area (Å²) in [6.45, 7) is 6.64. The Balaban J connectivity index is 1.77. The first-order valence-electron chi connectivity index (χ1n) is 7.89. The van der Waals surface area contributed by atoms with Crippen molar-refractivity contribution in [3.8, 4) is 11.5 Å². The summed E-state index contributed by atoms with van der Waals surface area (Å²) in [6.07, 6.45) is 0.108. The molecule has 0 saturated carbocycles. The molecule has 0 heterocycles. The summed E-state index contributed by atoms with van der Waals surface area (Å²) in [4.78, 5) is 12.1. The molecule has 0 aliphatic heterocycles. The third-order valence-corrected chi connectivity index (χ3v) is 3.70. The molecule has 1 amide bonds. The Morgan fingerprint density at radius 2 is 1.79 bits per heavy atom. The number of amides is 1. The molecule has 0 saturated heterocycles. The van der Waals surface area contributed by atoms with Crippen molar-refractivity contribution in [3.63, 3.8) is 0 Å². The largest absolute Gasteiger partial charge is 0.492 e. The van der Waals surface area contributed by atoms with Gasteiger partial charge < -0.3 is 14.8 Å². The van der Waals surface area contributed by atoms with E-state index in [0.29, 0.717) is 29.5 Å². The van der Waals surface area contributed by atoms with Crippen molar-refractivity contribution in [2.75, 3.05) is 13.2 Å². The van der Waals surface area contributed by atoms with Crippen LogP contribution in [-0.4, -0.2) is 25.2 Å². The van der Waals surface area contributed by atoms with Crippen LogP contribution in [0.25, 0.3) is 0 Å². The van der Waals surface area contributed by atoms with Gasteiger partial charge in [-0.2, -0.15) is 0 Å². The van der Waals surface area contributed by atoms with Crippen LogP contribution in [0.1, 0.15) is 29.8 Å². The molecule has 24 heavy (non-hydrogen) atoms. The van der Waals surface area contributed by atoms with E-state index in [1.54, 1.807) is 30.3 Å². The van der Waals surface area contributed by atoms with E-state index < -0.39 is 0 Å². The van der Waals surface area contributed by atoms with Crippen LogP contribution in [0, 0.1) is 6.92 Å². The Morgan fingerprint density at radius 3 is 2.42 bits per heavy atom. The molecule has 2 aromatic rings. The third kappa shape index (κ3) is 5.46. The molecule has 0 aliphatic rings. The highest BCUT2D eigenvalue weighted by atomic mass is 35.5. The molecule has 0 radical (unpaired) electrons. The monoisotopic (exact) mass is 347 g/mol. The van der Waals surface area contributed by atoms with Crippen molar-refractivity contribution < 1.29 is 14.3 Å². The maximum absolute atomic E-state index is 12.1. The zero-order chi connectivity index (χ0) is 17.5. The number of nitrogens with one attached hydrogen (secondary N) is 1. The van der Waals surface area contributed by atoms with E-state index in [9.17, 15) is 4.79 Å². The highest BCUT2D eigenvalue weighted by Crippen LogP contribution is 2.21. The molecule has 0 atom stereocenters. The van der Waals surface area contributed by atoms with Gasteiger partial charge in [0.2, 0.25) is 0 Å². The molecule has 0 aliphatic carbocycles. The Bertz CT molecular complexity index is 684. The average molecular weight is 348 g/mol. The minimum atomic E-state index is -0.142. The van der Waals surface area contributed by atoms with Gasteiger partial charge in [-0.1, -0.05) is 17.7 Å². The van der Waals surface area contributed by atoms with Crippen molar-refractivity contribution in [2.24, 2.45) is 0 Å². The molecule has 4 nitrogen and oxygen atoms in total. The maximum Gasteiger partial charge on any atom is 0.251 e. The van der Waals surface area contributed by atoms with Crippen molar-refractivity contribution >= 4 is 17.5 Å². The van der Waals surface area contributed by atoms with Gasteiger partial charge in [0, 0.05) is 10.6 Å². The number of benzene rings is 2. The number of aryl methyl sites for hydroxylation is 1. The highest BCUT2D eigenvalue weighted by molar-refractivity contribution is 6.31. The number of halogens is 1. The van der Waals surface area contributed by atoms with E-state index in [-0.39, 0.29) is 12.0 Å². The number of carbonyl (C=O) groups is 1. The lowest BCUT2D eigenvalue weighted by molar-refractivity contribution is 0.0947. The van der Waals surface area contributed by atoms with Crippen LogP contribution in [0.4, 0.5) is 0 Å². The molecular formula is C19H22ClNO3. The number of carbonyl (C=O) groups excluding carboxylic acids is 1. The minimum absolute atomic E-state index is 0.108. The Kier molecular flexibility index (Phi) is 6.50. The van der Waals surface area contributed by atoms with Gasteiger partial charge in [-0.3, -0.25) is 4.79 Å². The number of hydrogen-bond acceptors (Lipinski definition) is 3. The summed E-state index contributed by atoms with van der Waals surface area (Å²) in [5.74, 6) is 1.30. The summed E-state index contributed by atoms with van der Waals surface area (Å²) < 4.78 is 11.1. The number of ether oxygens (including phenoxy) is 2. The first-order chi connectivity index (χ1) is 11.5. The third-order valence-electron chi connectivity index (χ3n) is 3.29. The molecule has 0 unspecified atom stereocenters. The summed E-state index contributed by atoms with van der Waals surface area (Å²) in [5, 5.41) is 3.48. The summed E-state index contributed by atoms with van der Waals surface area (Å²) in [7, 11) is 0. The Morgan fingerprint density at radius 1 is 1.12 bits per heavy atom. The van der Waals surface area contributed by atoms with Crippen molar-refractivity contribution in [1.82, 2.24) is 5.32 Å². The standard InChI is InChI=1S/C19H22ClNO3/c1-13(2)24-16-8-5-15(6-9-16)19(22)21-10-11-23-17-7-4-14(3)18(20)12-17/h4-9,12-13H,10-11H2,1-3H3,(H,21,22). The molecule has 0 aromatic heterocycles. The van der Waals surface area contributed by atoms with Gasteiger partial charge in [0.25, 0.3) is 5.91 Å². The molecular weight excluding hydrogens is 326 g/mol. The summed E-state index contributed by atoms with van der Waals surface area (Å²) in [5.41, 5.74) is 1.59. The van der Waals surface area contributed by atoms with Gasteiger partial charge in [0.15, 0.2) is 0 Å². The normalized spacial score (nSPS) is 10.5. The fraction of sp³-hybridized carbons (Fsp3) is 0.316. The Hall–Kier alpha value is -2.20. The lowest BCUT2D eigenvalue weighted by atomic mass is 10.2. The van der Waals surface area contributed by atoms with Crippen LogP contribution >= 0.6 is 11.6 Å². The van der Waals surface area contributed by atoms with Gasteiger partial charge in [0.05, 0.1) is 12.6 Å². The number of rotatable bonds is 7. The topological polar surface area (TPSA) is 47.6 Å². The van der Waals surface area contributed by atoms with E-state index in [1.165, 1.54) is 0 Å². The molecule has 5 heteroatoms. The lowest BCUT2D eigenvalue weighted by Gasteiger charge is -2.11.